The maximum absolute atomic E-state index is 6.04. The summed E-state index contributed by atoms with van der Waals surface area (Å²) in [6, 6.07) is 9.66. The van der Waals surface area contributed by atoms with E-state index in [9.17, 15) is 0 Å². The molecular formula is C21H27ClN6. The maximum Gasteiger partial charge on any atom is 0.224 e. The molecule has 0 fully saturated rings. The highest BCUT2D eigenvalue weighted by molar-refractivity contribution is 6.31. The Hall–Kier alpha value is -2.60. The molecule has 3 rings (SSSR count). The van der Waals surface area contributed by atoms with Crippen LogP contribution in [0.1, 0.15) is 32.6 Å². The van der Waals surface area contributed by atoms with E-state index in [1.54, 1.807) is 12.4 Å². The summed E-state index contributed by atoms with van der Waals surface area (Å²) >= 11 is 6.04. The molecule has 0 radical (unpaired) electrons. The van der Waals surface area contributed by atoms with Gasteiger partial charge in [-0.1, -0.05) is 31.4 Å². The Balaban J connectivity index is 1.43. The second kappa shape index (κ2) is 10.7. The van der Waals surface area contributed by atoms with E-state index in [2.05, 4.69) is 37.8 Å². The summed E-state index contributed by atoms with van der Waals surface area (Å²) in [5.74, 6) is 1.53. The zero-order chi connectivity index (χ0) is 19.6. The van der Waals surface area contributed by atoms with Crippen LogP contribution in [0.2, 0.25) is 5.02 Å². The van der Waals surface area contributed by atoms with E-state index in [0.717, 1.165) is 54.9 Å². The van der Waals surface area contributed by atoms with Crippen LogP contribution in [0.3, 0.4) is 0 Å². The van der Waals surface area contributed by atoms with Crippen LogP contribution >= 0.6 is 11.6 Å². The normalized spacial score (nSPS) is 10.8. The molecule has 7 heteroatoms. The van der Waals surface area contributed by atoms with Crippen molar-refractivity contribution >= 4 is 40.0 Å². The minimum Gasteiger partial charge on any atom is -0.384 e. The van der Waals surface area contributed by atoms with E-state index in [0.29, 0.717) is 11.0 Å². The second-order valence-electron chi connectivity index (χ2n) is 6.63. The molecule has 0 saturated carbocycles. The van der Waals surface area contributed by atoms with Crippen LogP contribution in [0.5, 0.6) is 0 Å². The van der Waals surface area contributed by atoms with Crippen LogP contribution in [0.15, 0.2) is 42.7 Å². The largest absolute Gasteiger partial charge is 0.384 e. The van der Waals surface area contributed by atoms with Gasteiger partial charge in [-0.15, -0.1) is 0 Å². The third kappa shape index (κ3) is 5.96. The van der Waals surface area contributed by atoms with Crippen molar-refractivity contribution in [3.05, 3.63) is 47.7 Å². The van der Waals surface area contributed by atoms with Crippen LogP contribution in [-0.4, -0.2) is 34.6 Å². The Labute approximate surface area is 171 Å². The smallest absolute Gasteiger partial charge is 0.224 e. The van der Waals surface area contributed by atoms with Crippen molar-refractivity contribution in [2.45, 2.75) is 32.6 Å². The summed E-state index contributed by atoms with van der Waals surface area (Å²) in [5.41, 5.74) is 1.97. The third-order valence-corrected chi connectivity index (χ3v) is 4.63. The van der Waals surface area contributed by atoms with Gasteiger partial charge in [0.1, 0.15) is 5.82 Å². The average molecular weight is 399 g/mol. The summed E-state index contributed by atoms with van der Waals surface area (Å²) in [6.45, 7) is 4.78. The number of pyridine rings is 1. The molecule has 3 N–H and O–H groups in total. The van der Waals surface area contributed by atoms with Gasteiger partial charge in [-0.25, -0.2) is 4.98 Å². The van der Waals surface area contributed by atoms with Crippen LogP contribution in [0.4, 0.5) is 17.5 Å². The van der Waals surface area contributed by atoms with Crippen molar-refractivity contribution in [3.8, 4) is 0 Å². The third-order valence-electron chi connectivity index (χ3n) is 4.40. The fourth-order valence-corrected chi connectivity index (χ4v) is 3.09. The van der Waals surface area contributed by atoms with Crippen LogP contribution < -0.4 is 16.0 Å². The predicted octanol–water partition coefficient (Wildman–Crippen LogP) is 5.19. The first-order valence-electron chi connectivity index (χ1n) is 9.85. The van der Waals surface area contributed by atoms with Crippen molar-refractivity contribution in [2.24, 2.45) is 0 Å². The number of rotatable bonds is 11. The van der Waals surface area contributed by atoms with Crippen molar-refractivity contribution < 1.29 is 0 Å². The molecule has 0 saturated heterocycles. The lowest BCUT2D eigenvalue weighted by Crippen LogP contribution is -2.11. The fraction of sp³-hybridized carbons (Fsp3) is 0.381. The zero-order valence-electron chi connectivity index (χ0n) is 16.2. The molecule has 6 nitrogen and oxygen atoms in total. The van der Waals surface area contributed by atoms with E-state index < -0.39 is 0 Å². The van der Waals surface area contributed by atoms with Gasteiger partial charge in [-0.05, 0) is 43.2 Å². The summed E-state index contributed by atoms with van der Waals surface area (Å²) in [6.07, 6.45) is 8.11. The molecule has 0 amide bonds. The molecule has 0 aliphatic rings. The minimum atomic E-state index is 0.682. The Kier molecular flexibility index (Phi) is 7.67. The van der Waals surface area contributed by atoms with Gasteiger partial charge in [0.05, 0.1) is 5.52 Å². The molecule has 2 aromatic heterocycles. The van der Waals surface area contributed by atoms with E-state index in [4.69, 9.17) is 11.6 Å². The number of hydrogen-bond donors (Lipinski definition) is 3. The van der Waals surface area contributed by atoms with E-state index in [1.807, 2.05) is 30.3 Å². The molecule has 1 aromatic carbocycles. The van der Waals surface area contributed by atoms with E-state index >= 15 is 0 Å². The Morgan fingerprint density at radius 1 is 0.857 bits per heavy atom. The summed E-state index contributed by atoms with van der Waals surface area (Å²) < 4.78 is 0. The van der Waals surface area contributed by atoms with Gasteiger partial charge in [0.25, 0.3) is 0 Å². The Morgan fingerprint density at radius 2 is 1.68 bits per heavy atom. The van der Waals surface area contributed by atoms with Gasteiger partial charge in [0.2, 0.25) is 5.95 Å². The monoisotopic (exact) mass is 398 g/mol. The van der Waals surface area contributed by atoms with Gasteiger partial charge < -0.3 is 16.0 Å². The first kappa shape index (κ1) is 20.1. The number of nitrogens with zero attached hydrogens (tertiary/aromatic N) is 3. The lowest BCUT2D eigenvalue weighted by molar-refractivity contribution is 0.740. The van der Waals surface area contributed by atoms with Gasteiger partial charge in [0, 0.05) is 48.1 Å². The summed E-state index contributed by atoms with van der Waals surface area (Å²) in [4.78, 5) is 13.1. The molecule has 0 spiro atoms. The molecule has 0 aliphatic carbocycles. The molecule has 0 aliphatic heterocycles. The van der Waals surface area contributed by atoms with Crippen molar-refractivity contribution in [1.29, 1.82) is 0 Å². The number of unbranched alkanes of at least 4 members (excludes halogenated alkanes) is 2. The minimum absolute atomic E-state index is 0.682. The van der Waals surface area contributed by atoms with E-state index in [1.165, 1.54) is 12.8 Å². The lowest BCUT2D eigenvalue weighted by Gasteiger charge is -2.11. The van der Waals surface area contributed by atoms with Gasteiger partial charge in [0.15, 0.2) is 0 Å². The van der Waals surface area contributed by atoms with Gasteiger partial charge in [-0.2, -0.15) is 4.98 Å². The molecule has 0 atom stereocenters. The highest BCUT2D eigenvalue weighted by Crippen LogP contribution is 2.24. The van der Waals surface area contributed by atoms with Crippen molar-refractivity contribution in [1.82, 2.24) is 15.0 Å². The fourth-order valence-electron chi connectivity index (χ4n) is 2.92. The molecule has 0 unspecified atom stereocenters. The second-order valence-corrected chi connectivity index (χ2v) is 7.06. The zero-order valence-corrected chi connectivity index (χ0v) is 17.0. The lowest BCUT2D eigenvalue weighted by atomic mass is 10.2. The van der Waals surface area contributed by atoms with Crippen molar-refractivity contribution in [2.75, 3.05) is 35.6 Å². The quantitative estimate of drug-likeness (QED) is 0.386. The Bertz CT molecular complexity index is 886. The SMILES string of the molecule is CCCCCNc1nccc(NCCCNc2ccnc3cc(Cl)ccc23)n1. The molecule has 3 aromatic rings. The van der Waals surface area contributed by atoms with Crippen LogP contribution in [-0.2, 0) is 0 Å². The molecule has 0 bridgehead atoms. The number of anilines is 3. The standard InChI is InChI=1S/C21H27ClN6/c1-2-3-4-10-26-21-27-14-9-20(28-21)25-12-5-11-23-18-8-13-24-19-15-16(22)6-7-17(18)19/h6-9,13-15H,2-5,10-12H2,1H3,(H,23,24)(H2,25,26,27,28). The first-order valence-corrected chi connectivity index (χ1v) is 10.2. The number of nitrogens with one attached hydrogen (secondary N) is 3. The van der Waals surface area contributed by atoms with Crippen LogP contribution in [0.25, 0.3) is 10.9 Å². The topological polar surface area (TPSA) is 74.8 Å². The van der Waals surface area contributed by atoms with Crippen LogP contribution in [0, 0.1) is 0 Å². The highest BCUT2D eigenvalue weighted by atomic mass is 35.5. The first-order chi connectivity index (χ1) is 13.8. The molecule has 2 heterocycles. The van der Waals surface area contributed by atoms with Gasteiger partial charge >= 0.3 is 0 Å². The number of benzene rings is 1. The van der Waals surface area contributed by atoms with Gasteiger partial charge in [-0.3, -0.25) is 4.98 Å². The molecule has 28 heavy (non-hydrogen) atoms. The molecule has 148 valence electrons. The highest BCUT2D eigenvalue weighted by Gasteiger charge is 2.03. The van der Waals surface area contributed by atoms with E-state index in [-0.39, 0.29) is 0 Å². The van der Waals surface area contributed by atoms with Crippen molar-refractivity contribution in [3.63, 3.8) is 0 Å². The number of hydrogen-bond acceptors (Lipinski definition) is 6. The number of aromatic nitrogens is 3. The number of halogens is 1. The number of fused-ring (bicyclic) bond motifs is 1. The predicted molar refractivity (Wildman–Crippen MR) is 118 cm³/mol. The maximum atomic E-state index is 6.04. The summed E-state index contributed by atoms with van der Waals surface area (Å²) in [5, 5.41) is 11.9. The average Bonchev–Trinajstić information content (AvgIpc) is 2.71. The Morgan fingerprint density at radius 3 is 2.57 bits per heavy atom. The molecular weight excluding hydrogens is 372 g/mol. The summed E-state index contributed by atoms with van der Waals surface area (Å²) in [7, 11) is 0.